The van der Waals surface area contributed by atoms with Gasteiger partial charge in [-0.05, 0) is 21.5 Å². The number of thiophene rings is 1. The third-order valence-electron chi connectivity index (χ3n) is 1.93. The Morgan fingerprint density at radius 1 is 1.24 bits per heavy atom. The first-order valence-corrected chi connectivity index (χ1v) is 7.40. The molecule has 1 aromatic carbocycles. The molecule has 0 aliphatic carbocycles. The highest BCUT2D eigenvalue weighted by atomic mass is 79.9. The first-order valence-electron chi connectivity index (χ1n) is 4.46. The Morgan fingerprint density at radius 2 is 1.88 bits per heavy atom. The molecule has 0 radical (unpaired) electrons. The molecule has 0 spiro atoms. The van der Waals surface area contributed by atoms with E-state index < -0.39 is 10.4 Å². The molecule has 4 nitrogen and oxygen atoms in total. The summed E-state index contributed by atoms with van der Waals surface area (Å²) in [6.45, 7) is 0. The predicted molar refractivity (Wildman–Crippen MR) is 67.8 cm³/mol. The fraction of sp³-hybridized carbons (Fsp3) is 0. The van der Waals surface area contributed by atoms with E-state index >= 15 is 0 Å². The Balaban J connectivity index is 2.38. The molecule has 0 aliphatic rings. The molecule has 0 bridgehead atoms. The monoisotopic (exact) mass is 333 g/mol. The SMILES string of the molecule is O=S(=O)([O-])Oc1cc(-c2ccccc2)c(Br)s1. The van der Waals surface area contributed by atoms with Gasteiger partial charge in [0, 0.05) is 11.6 Å². The van der Waals surface area contributed by atoms with Crippen LogP contribution in [-0.4, -0.2) is 13.0 Å². The molecule has 0 aliphatic heterocycles. The van der Waals surface area contributed by atoms with Gasteiger partial charge in [0.05, 0.1) is 3.79 Å². The van der Waals surface area contributed by atoms with Gasteiger partial charge in [0.25, 0.3) is 10.4 Å². The van der Waals surface area contributed by atoms with Crippen molar-refractivity contribution in [1.82, 2.24) is 0 Å². The zero-order valence-corrected chi connectivity index (χ0v) is 11.5. The van der Waals surface area contributed by atoms with E-state index in [0.717, 1.165) is 22.5 Å². The molecular formula is C10H6BrO4S2-. The molecule has 0 saturated heterocycles. The third-order valence-corrected chi connectivity index (χ3v) is 4.14. The first kappa shape index (κ1) is 12.6. The molecule has 0 amide bonds. The van der Waals surface area contributed by atoms with E-state index in [0.29, 0.717) is 3.79 Å². The topological polar surface area (TPSA) is 66.4 Å². The molecule has 2 rings (SSSR count). The Hall–Kier alpha value is -0.890. The maximum atomic E-state index is 10.5. The fourth-order valence-electron chi connectivity index (χ4n) is 1.30. The average Bonchev–Trinajstić information content (AvgIpc) is 2.58. The van der Waals surface area contributed by atoms with Gasteiger partial charge in [-0.2, -0.15) is 0 Å². The lowest BCUT2D eigenvalue weighted by Crippen LogP contribution is -2.05. The van der Waals surface area contributed by atoms with Crippen LogP contribution >= 0.6 is 27.3 Å². The van der Waals surface area contributed by atoms with Gasteiger partial charge in [-0.25, -0.2) is 8.42 Å². The van der Waals surface area contributed by atoms with E-state index in [9.17, 15) is 13.0 Å². The molecule has 1 heterocycles. The van der Waals surface area contributed by atoms with Crippen molar-refractivity contribution in [3.8, 4) is 16.2 Å². The van der Waals surface area contributed by atoms with Gasteiger partial charge in [0.1, 0.15) is 0 Å². The number of halogens is 1. The van der Waals surface area contributed by atoms with Gasteiger partial charge in [-0.3, -0.25) is 0 Å². The molecule has 7 heteroatoms. The maximum absolute atomic E-state index is 10.5. The second kappa shape index (κ2) is 4.77. The lowest BCUT2D eigenvalue weighted by molar-refractivity contribution is 0.376. The Bertz CT molecular complexity index is 619. The van der Waals surface area contributed by atoms with Gasteiger partial charge in [0.15, 0.2) is 5.06 Å². The summed E-state index contributed by atoms with van der Waals surface area (Å²) in [5.74, 6) is 0. The molecule has 2 aromatic rings. The van der Waals surface area contributed by atoms with E-state index in [4.69, 9.17) is 0 Å². The number of benzene rings is 1. The van der Waals surface area contributed by atoms with Crippen molar-refractivity contribution in [3.63, 3.8) is 0 Å². The lowest BCUT2D eigenvalue weighted by atomic mass is 10.1. The van der Waals surface area contributed by atoms with E-state index in [2.05, 4.69) is 20.1 Å². The Kier molecular flexibility index (Phi) is 3.53. The van der Waals surface area contributed by atoms with E-state index in [1.165, 1.54) is 6.07 Å². The van der Waals surface area contributed by atoms with Crippen LogP contribution in [0.15, 0.2) is 40.2 Å². The third kappa shape index (κ3) is 3.29. The van der Waals surface area contributed by atoms with Crippen LogP contribution < -0.4 is 4.18 Å². The molecule has 1 aromatic heterocycles. The molecule has 0 unspecified atom stereocenters. The van der Waals surface area contributed by atoms with Crippen LogP contribution in [0.4, 0.5) is 0 Å². The maximum Gasteiger partial charge on any atom is 0.263 e. The summed E-state index contributed by atoms with van der Waals surface area (Å²) >= 11 is 4.35. The van der Waals surface area contributed by atoms with Crippen LogP contribution in [0.3, 0.4) is 0 Å². The van der Waals surface area contributed by atoms with Crippen molar-refractivity contribution in [2.45, 2.75) is 0 Å². The van der Waals surface area contributed by atoms with Crippen LogP contribution in [0.5, 0.6) is 5.06 Å². The predicted octanol–water partition coefficient (Wildman–Crippen LogP) is 3.02. The number of hydrogen-bond donors (Lipinski definition) is 0. The van der Waals surface area contributed by atoms with Gasteiger partial charge in [-0.15, -0.1) is 0 Å². The fourth-order valence-corrected chi connectivity index (χ4v) is 3.40. The average molecular weight is 334 g/mol. The van der Waals surface area contributed by atoms with E-state index in [-0.39, 0.29) is 5.06 Å². The second-order valence-electron chi connectivity index (χ2n) is 3.11. The van der Waals surface area contributed by atoms with E-state index in [1.54, 1.807) is 0 Å². The minimum atomic E-state index is -4.72. The minimum absolute atomic E-state index is 0.0470. The van der Waals surface area contributed by atoms with Gasteiger partial charge >= 0.3 is 0 Å². The largest absolute Gasteiger partial charge is 0.716 e. The molecule has 17 heavy (non-hydrogen) atoms. The summed E-state index contributed by atoms with van der Waals surface area (Å²) < 4.78 is 36.4. The summed E-state index contributed by atoms with van der Waals surface area (Å²) in [6, 6.07) is 10.9. The van der Waals surface area contributed by atoms with Crippen LogP contribution in [0, 0.1) is 0 Å². The highest BCUT2D eigenvalue weighted by Gasteiger charge is 2.11. The zero-order valence-electron chi connectivity index (χ0n) is 8.29. The lowest BCUT2D eigenvalue weighted by Gasteiger charge is -2.05. The normalized spacial score (nSPS) is 11.4. The zero-order chi connectivity index (χ0) is 12.5. The quantitative estimate of drug-likeness (QED) is 0.639. The smallest absolute Gasteiger partial charge is 0.263 e. The van der Waals surface area contributed by atoms with Crippen molar-refractivity contribution in [1.29, 1.82) is 0 Å². The standard InChI is InChI=1S/C10H7BrO4S2/c11-10-8(7-4-2-1-3-5-7)6-9(16-10)15-17(12,13)14/h1-6H,(H,12,13,14)/p-1. The second-order valence-corrected chi connectivity index (χ2v) is 6.43. The van der Waals surface area contributed by atoms with Crippen molar-refractivity contribution in [2.24, 2.45) is 0 Å². The van der Waals surface area contributed by atoms with Gasteiger partial charge in [-0.1, -0.05) is 41.7 Å². The summed E-state index contributed by atoms with van der Waals surface area (Å²) in [5.41, 5.74) is 1.70. The van der Waals surface area contributed by atoms with Crippen LogP contribution in [-0.2, 0) is 10.4 Å². The van der Waals surface area contributed by atoms with Crippen molar-refractivity contribution in [2.75, 3.05) is 0 Å². The van der Waals surface area contributed by atoms with Crippen molar-refractivity contribution >= 4 is 37.7 Å². The first-order chi connectivity index (χ1) is 7.96. The molecule has 90 valence electrons. The summed E-state index contributed by atoms with van der Waals surface area (Å²) in [7, 11) is -4.72. The molecule has 0 atom stereocenters. The van der Waals surface area contributed by atoms with Crippen LogP contribution in [0.2, 0.25) is 0 Å². The summed E-state index contributed by atoms with van der Waals surface area (Å²) in [6.07, 6.45) is 0. The Labute approximate surface area is 111 Å². The number of hydrogen-bond acceptors (Lipinski definition) is 5. The molecule has 0 saturated carbocycles. The van der Waals surface area contributed by atoms with Crippen LogP contribution in [0.1, 0.15) is 0 Å². The summed E-state index contributed by atoms with van der Waals surface area (Å²) in [5, 5.41) is 0.0470. The molecule has 0 fully saturated rings. The van der Waals surface area contributed by atoms with E-state index in [1.807, 2.05) is 30.3 Å². The van der Waals surface area contributed by atoms with Gasteiger partial charge in [0.2, 0.25) is 0 Å². The van der Waals surface area contributed by atoms with Gasteiger partial charge < -0.3 is 8.74 Å². The minimum Gasteiger partial charge on any atom is -0.716 e. The molecular weight excluding hydrogens is 328 g/mol. The van der Waals surface area contributed by atoms with Crippen LogP contribution in [0.25, 0.3) is 11.1 Å². The molecule has 0 N–H and O–H groups in total. The highest BCUT2D eigenvalue weighted by molar-refractivity contribution is 9.11. The van der Waals surface area contributed by atoms with Crippen molar-refractivity contribution in [3.05, 3.63) is 40.2 Å². The summed E-state index contributed by atoms with van der Waals surface area (Å²) in [4.78, 5) is 0. The number of rotatable bonds is 3. The Morgan fingerprint density at radius 3 is 2.47 bits per heavy atom. The highest BCUT2D eigenvalue weighted by Crippen LogP contribution is 2.40. The van der Waals surface area contributed by atoms with Crippen molar-refractivity contribution < 1.29 is 17.2 Å².